The van der Waals surface area contributed by atoms with E-state index in [9.17, 15) is 10.1 Å². The Morgan fingerprint density at radius 3 is 2.20 bits per heavy atom. The summed E-state index contributed by atoms with van der Waals surface area (Å²) in [6, 6.07) is 1.59. The monoisotopic (exact) mass is 342 g/mol. The van der Waals surface area contributed by atoms with Crippen molar-refractivity contribution < 1.29 is 4.92 Å². The van der Waals surface area contributed by atoms with Gasteiger partial charge in [0.25, 0.3) is 0 Å². The van der Waals surface area contributed by atoms with Gasteiger partial charge in [0, 0.05) is 56.9 Å². The summed E-state index contributed by atoms with van der Waals surface area (Å²) in [5.74, 6) is 0.213. The molecule has 10 heteroatoms. The molecule has 0 aliphatic carbocycles. The highest BCUT2D eigenvalue weighted by molar-refractivity contribution is 5.72. The molecule has 0 bridgehead atoms. The predicted octanol–water partition coefficient (Wildman–Crippen LogP) is 1.68. The third kappa shape index (κ3) is 3.91. The van der Waals surface area contributed by atoms with E-state index in [-0.39, 0.29) is 11.5 Å². The van der Waals surface area contributed by atoms with E-state index in [2.05, 4.69) is 25.8 Å². The zero-order valence-electron chi connectivity index (χ0n) is 13.9. The Kier molecular flexibility index (Phi) is 4.59. The van der Waals surface area contributed by atoms with Gasteiger partial charge in [0.2, 0.25) is 5.82 Å². The van der Waals surface area contributed by atoms with Crippen LogP contribution in [-0.2, 0) is 27.2 Å². The highest BCUT2D eigenvalue weighted by atomic mass is 16.6. The zero-order valence-corrected chi connectivity index (χ0v) is 13.9. The van der Waals surface area contributed by atoms with Crippen molar-refractivity contribution in [2.75, 3.05) is 10.6 Å². The number of hydrogen-bond donors (Lipinski definition) is 2. The van der Waals surface area contributed by atoms with E-state index in [1.165, 1.54) is 6.20 Å². The molecule has 0 unspecified atom stereocenters. The molecule has 0 aliphatic rings. The molecular weight excluding hydrogens is 324 g/mol. The lowest BCUT2D eigenvalue weighted by Crippen LogP contribution is -2.08. The summed E-state index contributed by atoms with van der Waals surface area (Å²) in [4.78, 5) is 15.2. The molecule has 10 nitrogen and oxygen atoms in total. The minimum absolute atomic E-state index is 0.0877. The van der Waals surface area contributed by atoms with E-state index in [0.29, 0.717) is 18.8 Å². The van der Waals surface area contributed by atoms with Gasteiger partial charge in [-0.1, -0.05) is 0 Å². The van der Waals surface area contributed by atoms with Crippen LogP contribution in [0.1, 0.15) is 11.1 Å². The topological polar surface area (TPSA) is 116 Å². The second-order valence-electron chi connectivity index (χ2n) is 5.56. The molecule has 0 aliphatic heterocycles. The number of aryl methyl sites for hydroxylation is 2. The maximum atomic E-state index is 11.5. The first-order valence-electron chi connectivity index (χ1n) is 7.59. The van der Waals surface area contributed by atoms with Gasteiger partial charge in [0.05, 0.1) is 17.3 Å². The van der Waals surface area contributed by atoms with Gasteiger partial charge in [-0.05, 0) is 6.07 Å². The minimum Gasteiger partial charge on any atom is -0.375 e. The predicted molar refractivity (Wildman–Crippen MR) is 92.0 cm³/mol. The standard InChI is InChI=1S/C15H18N8O2/c1-21-9-11(7-19-21)5-17-13-3-4-16-15(14(13)23(24)25)18-6-12-8-20-22(2)10-12/h3-4,7-10H,5-6H2,1-2H3,(H2,16,17,18). The number of nitrogens with one attached hydrogen (secondary N) is 2. The van der Waals surface area contributed by atoms with E-state index in [1.54, 1.807) is 27.8 Å². The van der Waals surface area contributed by atoms with Crippen LogP contribution < -0.4 is 10.6 Å². The van der Waals surface area contributed by atoms with E-state index in [0.717, 1.165) is 11.1 Å². The summed E-state index contributed by atoms with van der Waals surface area (Å²) in [5.41, 5.74) is 2.15. The molecule has 0 fully saturated rings. The summed E-state index contributed by atoms with van der Waals surface area (Å²) < 4.78 is 3.35. The van der Waals surface area contributed by atoms with Crippen molar-refractivity contribution in [1.29, 1.82) is 0 Å². The number of hydrogen-bond acceptors (Lipinski definition) is 7. The van der Waals surface area contributed by atoms with Crippen molar-refractivity contribution in [3.63, 3.8) is 0 Å². The minimum atomic E-state index is -0.440. The maximum Gasteiger partial charge on any atom is 0.334 e. The molecule has 0 atom stereocenters. The molecule has 0 aromatic carbocycles. The molecule has 3 aromatic rings. The van der Waals surface area contributed by atoms with Gasteiger partial charge < -0.3 is 10.6 Å². The fourth-order valence-corrected chi connectivity index (χ4v) is 2.42. The first-order valence-corrected chi connectivity index (χ1v) is 7.59. The molecular formula is C15H18N8O2. The maximum absolute atomic E-state index is 11.5. The van der Waals surface area contributed by atoms with Crippen LogP contribution in [0.2, 0.25) is 0 Å². The lowest BCUT2D eigenvalue weighted by Gasteiger charge is -2.10. The number of anilines is 2. The van der Waals surface area contributed by atoms with Gasteiger partial charge in [-0.15, -0.1) is 0 Å². The van der Waals surface area contributed by atoms with Gasteiger partial charge in [-0.25, -0.2) is 4.98 Å². The average Bonchev–Trinajstić information content (AvgIpc) is 3.18. The van der Waals surface area contributed by atoms with Crippen molar-refractivity contribution in [3.8, 4) is 0 Å². The number of rotatable bonds is 7. The molecule has 0 radical (unpaired) electrons. The molecule has 0 saturated carbocycles. The van der Waals surface area contributed by atoms with Crippen LogP contribution >= 0.6 is 0 Å². The van der Waals surface area contributed by atoms with Crippen molar-refractivity contribution >= 4 is 17.2 Å². The van der Waals surface area contributed by atoms with Crippen LogP contribution in [0.4, 0.5) is 17.2 Å². The normalized spacial score (nSPS) is 10.6. The Morgan fingerprint density at radius 1 is 1.08 bits per heavy atom. The Morgan fingerprint density at radius 2 is 1.68 bits per heavy atom. The van der Waals surface area contributed by atoms with Gasteiger partial charge in [-0.2, -0.15) is 10.2 Å². The van der Waals surface area contributed by atoms with E-state index in [1.807, 2.05) is 26.5 Å². The Bertz CT molecular complexity index is 823. The summed E-state index contributed by atoms with van der Waals surface area (Å²) in [7, 11) is 3.63. The second kappa shape index (κ2) is 6.99. The Balaban J connectivity index is 1.77. The summed E-state index contributed by atoms with van der Waals surface area (Å²) in [6.45, 7) is 0.828. The largest absolute Gasteiger partial charge is 0.375 e. The van der Waals surface area contributed by atoms with E-state index < -0.39 is 4.92 Å². The summed E-state index contributed by atoms with van der Waals surface area (Å²) in [5, 5.41) is 25.8. The third-order valence-corrected chi connectivity index (χ3v) is 3.57. The van der Waals surface area contributed by atoms with Crippen molar-refractivity contribution in [2.24, 2.45) is 14.1 Å². The van der Waals surface area contributed by atoms with Gasteiger partial charge in [0.15, 0.2) is 0 Å². The molecule has 3 aromatic heterocycles. The van der Waals surface area contributed by atoms with Crippen LogP contribution in [0.15, 0.2) is 37.1 Å². The Labute approximate surface area is 143 Å². The van der Waals surface area contributed by atoms with Crippen molar-refractivity contribution in [3.05, 3.63) is 58.3 Å². The molecule has 3 heterocycles. The molecule has 0 saturated heterocycles. The number of aromatic nitrogens is 5. The molecule has 25 heavy (non-hydrogen) atoms. The first-order chi connectivity index (χ1) is 12.0. The quantitative estimate of drug-likeness (QED) is 0.496. The lowest BCUT2D eigenvalue weighted by atomic mass is 10.2. The summed E-state index contributed by atoms with van der Waals surface area (Å²) >= 11 is 0. The fourth-order valence-electron chi connectivity index (χ4n) is 2.42. The molecule has 130 valence electrons. The highest BCUT2D eigenvalue weighted by Crippen LogP contribution is 2.31. The van der Waals surface area contributed by atoms with Crippen LogP contribution in [0.25, 0.3) is 0 Å². The smallest absolute Gasteiger partial charge is 0.334 e. The second-order valence-corrected chi connectivity index (χ2v) is 5.56. The molecule has 3 rings (SSSR count). The lowest BCUT2D eigenvalue weighted by molar-refractivity contribution is -0.383. The van der Waals surface area contributed by atoms with E-state index >= 15 is 0 Å². The van der Waals surface area contributed by atoms with Crippen molar-refractivity contribution in [1.82, 2.24) is 24.5 Å². The van der Waals surface area contributed by atoms with Gasteiger partial charge in [0.1, 0.15) is 5.69 Å². The van der Waals surface area contributed by atoms with Gasteiger partial charge >= 0.3 is 5.69 Å². The van der Waals surface area contributed by atoms with Crippen molar-refractivity contribution in [2.45, 2.75) is 13.1 Å². The number of nitro groups is 1. The molecule has 0 amide bonds. The third-order valence-electron chi connectivity index (χ3n) is 3.57. The van der Waals surface area contributed by atoms with Crippen LogP contribution in [0, 0.1) is 10.1 Å². The summed E-state index contributed by atoms with van der Waals surface area (Å²) in [6.07, 6.45) is 8.63. The zero-order chi connectivity index (χ0) is 17.8. The Hall–Kier alpha value is -3.43. The van der Waals surface area contributed by atoms with Crippen LogP contribution in [0.5, 0.6) is 0 Å². The highest BCUT2D eigenvalue weighted by Gasteiger charge is 2.21. The SMILES string of the molecule is Cn1cc(CNc2ccnc(NCc3cnn(C)c3)c2[N+](=O)[O-])cn1. The van der Waals surface area contributed by atoms with Crippen LogP contribution in [-0.4, -0.2) is 29.5 Å². The van der Waals surface area contributed by atoms with Gasteiger partial charge in [-0.3, -0.25) is 19.5 Å². The van der Waals surface area contributed by atoms with E-state index in [4.69, 9.17) is 0 Å². The number of pyridine rings is 1. The fraction of sp³-hybridized carbons (Fsp3) is 0.267. The van der Waals surface area contributed by atoms with Crippen LogP contribution in [0.3, 0.4) is 0 Å². The molecule has 2 N–H and O–H groups in total. The number of nitrogens with zero attached hydrogens (tertiary/aromatic N) is 6. The average molecular weight is 342 g/mol. The molecule has 0 spiro atoms. The first kappa shape index (κ1) is 16.4.